The molecule has 3 nitrogen and oxygen atoms in total. The molecule has 1 aliphatic rings. The lowest BCUT2D eigenvalue weighted by Gasteiger charge is -2.16. The molecular weight excluding hydrogens is 280 g/mol. The third-order valence-electron chi connectivity index (χ3n) is 3.78. The Morgan fingerprint density at radius 2 is 1.90 bits per heavy atom. The van der Waals surface area contributed by atoms with Crippen LogP contribution in [0.25, 0.3) is 0 Å². The van der Waals surface area contributed by atoms with Crippen LogP contribution in [0.5, 0.6) is 0 Å². The van der Waals surface area contributed by atoms with Gasteiger partial charge in [0.2, 0.25) is 5.91 Å². The van der Waals surface area contributed by atoms with Crippen molar-refractivity contribution in [3.63, 3.8) is 0 Å². The largest absolute Gasteiger partial charge is 0.380 e. The van der Waals surface area contributed by atoms with E-state index in [1.807, 2.05) is 28.4 Å². The molecule has 1 aromatic heterocycles. The van der Waals surface area contributed by atoms with Gasteiger partial charge in [-0.2, -0.15) is 0 Å². The fourth-order valence-electron chi connectivity index (χ4n) is 2.58. The highest BCUT2D eigenvalue weighted by atomic mass is 32.1. The van der Waals surface area contributed by atoms with Crippen LogP contribution < -0.4 is 10.2 Å². The molecule has 0 unspecified atom stereocenters. The van der Waals surface area contributed by atoms with E-state index in [1.54, 1.807) is 0 Å². The summed E-state index contributed by atoms with van der Waals surface area (Å²) in [6, 6.07) is 12.5. The number of nitrogens with one attached hydrogen (secondary N) is 1. The molecule has 0 bridgehead atoms. The summed E-state index contributed by atoms with van der Waals surface area (Å²) in [5.41, 5.74) is 2.10. The van der Waals surface area contributed by atoms with Crippen molar-refractivity contribution < 1.29 is 4.79 Å². The van der Waals surface area contributed by atoms with E-state index in [9.17, 15) is 4.79 Å². The molecular formula is C17H20N2OS. The second kappa shape index (κ2) is 6.31. The van der Waals surface area contributed by atoms with Gasteiger partial charge < -0.3 is 10.2 Å². The minimum absolute atomic E-state index is 0.237. The number of thiophene rings is 1. The van der Waals surface area contributed by atoms with Crippen LogP contribution in [0.2, 0.25) is 0 Å². The van der Waals surface area contributed by atoms with Gasteiger partial charge in [0.25, 0.3) is 0 Å². The molecule has 0 atom stereocenters. The van der Waals surface area contributed by atoms with Crippen molar-refractivity contribution in [2.45, 2.75) is 32.7 Å². The summed E-state index contributed by atoms with van der Waals surface area (Å²) in [4.78, 5) is 16.4. The second-order valence-electron chi connectivity index (χ2n) is 5.27. The fraction of sp³-hybridized carbons (Fsp3) is 0.353. The smallest absolute Gasteiger partial charge is 0.227 e. The van der Waals surface area contributed by atoms with E-state index >= 15 is 0 Å². The van der Waals surface area contributed by atoms with Crippen molar-refractivity contribution in [1.82, 2.24) is 0 Å². The van der Waals surface area contributed by atoms with Crippen LogP contribution >= 0.6 is 11.3 Å². The molecule has 110 valence electrons. The summed E-state index contributed by atoms with van der Waals surface area (Å²) < 4.78 is 0. The monoisotopic (exact) mass is 300 g/mol. The topological polar surface area (TPSA) is 32.3 Å². The molecule has 0 saturated carbocycles. The van der Waals surface area contributed by atoms with E-state index in [1.165, 1.54) is 9.75 Å². The maximum Gasteiger partial charge on any atom is 0.227 e. The zero-order valence-electron chi connectivity index (χ0n) is 12.3. The van der Waals surface area contributed by atoms with E-state index in [-0.39, 0.29) is 5.91 Å². The summed E-state index contributed by atoms with van der Waals surface area (Å²) in [7, 11) is 0. The average Bonchev–Trinajstić information content (AvgIpc) is 3.14. The van der Waals surface area contributed by atoms with Crippen LogP contribution in [0.4, 0.5) is 11.4 Å². The van der Waals surface area contributed by atoms with Crippen LogP contribution in [0, 0.1) is 0 Å². The third kappa shape index (κ3) is 3.27. The number of hydrogen-bond acceptors (Lipinski definition) is 3. The van der Waals surface area contributed by atoms with E-state index < -0.39 is 0 Å². The van der Waals surface area contributed by atoms with E-state index in [4.69, 9.17) is 0 Å². The predicted octanol–water partition coefficient (Wildman–Crippen LogP) is 4.05. The number of aryl methyl sites for hydroxylation is 1. The molecule has 1 saturated heterocycles. The lowest BCUT2D eigenvalue weighted by Crippen LogP contribution is -2.23. The van der Waals surface area contributed by atoms with E-state index in [0.717, 1.165) is 37.3 Å². The highest BCUT2D eigenvalue weighted by Gasteiger charge is 2.21. The van der Waals surface area contributed by atoms with Gasteiger partial charge >= 0.3 is 0 Å². The van der Waals surface area contributed by atoms with Crippen molar-refractivity contribution in [3.05, 3.63) is 46.2 Å². The van der Waals surface area contributed by atoms with Gasteiger partial charge in [-0.15, -0.1) is 11.3 Å². The normalized spacial score (nSPS) is 14.7. The van der Waals surface area contributed by atoms with Gasteiger partial charge in [-0.25, -0.2) is 0 Å². The first kappa shape index (κ1) is 14.1. The molecule has 1 aromatic carbocycles. The molecule has 4 heteroatoms. The van der Waals surface area contributed by atoms with Gasteiger partial charge in [0, 0.05) is 40.6 Å². The molecule has 21 heavy (non-hydrogen) atoms. The van der Waals surface area contributed by atoms with Crippen molar-refractivity contribution >= 4 is 28.6 Å². The van der Waals surface area contributed by atoms with Crippen LogP contribution in [-0.4, -0.2) is 12.5 Å². The Balaban J connectivity index is 1.60. The summed E-state index contributed by atoms with van der Waals surface area (Å²) in [5, 5.41) is 3.43. The molecule has 0 aliphatic carbocycles. The van der Waals surface area contributed by atoms with Gasteiger partial charge in [0.1, 0.15) is 0 Å². The standard InChI is InChI=1S/C17H20N2OS/c1-2-15-9-10-16(21-15)12-18-13-5-7-14(8-6-13)19-11-3-4-17(19)20/h5-10,18H,2-4,11-12H2,1H3. The molecule has 0 spiro atoms. The number of rotatable bonds is 5. The maximum absolute atomic E-state index is 11.7. The third-order valence-corrected chi connectivity index (χ3v) is 5.01. The molecule has 2 heterocycles. The summed E-state index contributed by atoms with van der Waals surface area (Å²) in [6.45, 7) is 3.88. The fourth-order valence-corrected chi connectivity index (χ4v) is 3.47. The molecule has 1 N–H and O–H groups in total. The van der Waals surface area contributed by atoms with Crippen LogP contribution in [0.15, 0.2) is 36.4 Å². The zero-order chi connectivity index (χ0) is 14.7. The first-order valence-corrected chi connectivity index (χ1v) is 8.30. The average molecular weight is 300 g/mol. The highest BCUT2D eigenvalue weighted by Crippen LogP contribution is 2.24. The number of amides is 1. The highest BCUT2D eigenvalue weighted by molar-refractivity contribution is 7.12. The number of nitrogens with zero attached hydrogens (tertiary/aromatic N) is 1. The Labute approximate surface area is 129 Å². The second-order valence-corrected chi connectivity index (χ2v) is 6.52. The van der Waals surface area contributed by atoms with E-state index in [2.05, 4.69) is 36.5 Å². The van der Waals surface area contributed by atoms with Gasteiger partial charge in [-0.05, 0) is 49.2 Å². The van der Waals surface area contributed by atoms with Crippen LogP contribution in [0.3, 0.4) is 0 Å². The van der Waals surface area contributed by atoms with Crippen molar-refractivity contribution in [2.24, 2.45) is 0 Å². The Bertz CT molecular complexity index is 618. The van der Waals surface area contributed by atoms with Crippen molar-refractivity contribution in [3.8, 4) is 0 Å². The van der Waals surface area contributed by atoms with Crippen LogP contribution in [-0.2, 0) is 17.8 Å². The van der Waals surface area contributed by atoms with E-state index in [0.29, 0.717) is 6.42 Å². The quantitative estimate of drug-likeness (QED) is 0.903. The van der Waals surface area contributed by atoms with Crippen molar-refractivity contribution in [1.29, 1.82) is 0 Å². The Morgan fingerprint density at radius 1 is 1.14 bits per heavy atom. The molecule has 1 amide bonds. The number of hydrogen-bond donors (Lipinski definition) is 1. The summed E-state index contributed by atoms with van der Waals surface area (Å²) in [6.07, 6.45) is 2.75. The predicted molar refractivity (Wildman–Crippen MR) is 89.1 cm³/mol. The lowest BCUT2D eigenvalue weighted by atomic mass is 10.2. The molecule has 0 radical (unpaired) electrons. The molecule has 1 aliphatic heterocycles. The number of carbonyl (C=O) groups is 1. The molecule has 3 rings (SSSR count). The lowest BCUT2D eigenvalue weighted by molar-refractivity contribution is -0.117. The Kier molecular flexibility index (Phi) is 4.25. The Morgan fingerprint density at radius 3 is 2.52 bits per heavy atom. The summed E-state index contributed by atoms with van der Waals surface area (Å²) in [5.74, 6) is 0.237. The minimum atomic E-state index is 0.237. The number of anilines is 2. The van der Waals surface area contributed by atoms with Gasteiger partial charge in [0.15, 0.2) is 0 Å². The first-order valence-electron chi connectivity index (χ1n) is 7.48. The zero-order valence-corrected chi connectivity index (χ0v) is 13.1. The number of benzene rings is 1. The minimum Gasteiger partial charge on any atom is -0.380 e. The SMILES string of the molecule is CCc1ccc(CNc2ccc(N3CCCC3=O)cc2)s1. The van der Waals surface area contributed by atoms with Crippen LogP contribution in [0.1, 0.15) is 29.5 Å². The van der Waals surface area contributed by atoms with Gasteiger partial charge in [-0.3, -0.25) is 4.79 Å². The maximum atomic E-state index is 11.7. The molecule has 1 fully saturated rings. The Hall–Kier alpha value is -1.81. The number of carbonyl (C=O) groups excluding carboxylic acids is 1. The summed E-state index contributed by atoms with van der Waals surface area (Å²) >= 11 is 1.86. The first-order chi connectivity index (χ1) is 10.3. The van der Waals surface area contributed by atoms with Crippen molar-refractivity contribution in [2.75, 3.05) is 16.8 Å². The molecule has 2 aromatic rings. The van der Waals surface area contributed by atoms with Gasteiger partial charge in [0.05, 0.1) is 0 Å². The van der Waals surface area contributed by atoms with Gasteiger partial charge in [-0.1, -0.05) is 6.92 Å².